The summed E-state index contributed by atoms with van der Waals surface area (Å²) in [4.78, 5) is 11.4. The van der Waals surface area contributed by atoms with E-state index in [1.165, 1.54) is 0 Å². The van der Waals surface area contributed by atoms with Gasteiger partial charge < -0.3 is 10.5 Å². The quantitative estimate of drug-likeness (QED) is 0.497. The first kappa shape index (κ1) is 15.3. The van der Waals surface area contributed by atoms with Gasteiger partial charge in [0.2, 0.25) is 0 Å². The maximum absolute atomic E-state index is 11.4. The second kappa shape index (κ2) is 5.93. The minimum absolute atomic E-state index is 0.539. The SMILES string of the molecule is C/C(=N\NC(=O)OC(C)(C)C)c1cc(Cl)ccc1N. The van der Waals surface area contributed by atoms with E-state index in [1.807, 2.05) is 0 Å². The topological polar surface area (TPSA) is 76.7 Å². The summed E-state index contributed by atoms with van der Waals surface area (Å²) in [6.45, 7) is 7.05. The Balaban J connectivity index is 2.77. The fraction of sp³-hybridized carbons (Fsp3) is 0.385. The van der Waals surface area contributed by atoms with Gasteiger partial charge in [0, 0.05) is 16.3 Å². The Hall–Kier alpha value is -1.75. The summed E-state index contributed by atoms with van der Waals surface area (Å²) in [5, 5.41) is 4.49. The second-order valence-electron chi connectivity index (χ2n) is 5.04. The van der Waals surface area contributed by atoms with Crippen LogP contribution in [0, 0.1) is 0 Å². The molecule has 0 radical (unpaired) electrons. The number of rotatable bonds is 2. The molecule has 5 nitrogen and oxygen atoms in total. The van der Waals surface area contributed by atoms with Crippen LogP contribution in [0.15, 0.2) is 23.3 Å². The van der Waals surface area contributed by atoms with E-state index in [0.717, 1.165) is 0 Å². The molecule has 1 rings (SSSR count). The summed E-state index contributed by atoms with van der Waals surface area (Å²) < 4.78 is 5.06. The highest BCUT2D eigenvalue weighted by molar-refractivity contribution is 6.31. The van der Waals surface area contributed by atoms with Crippen LogP contribution in [0.2, 0.25) is 5.02 Å². The zero-order chi connectivity index (χ0) is 14.6. The molecule has 0 heterocycles. The number of carbonyl (C=O) groups excluding carboxylic acids is 1. The highest BCUT2D eigenvalue weighted by Gasteiger charge is 2.15. The van der Waals surface area contributed by atoms with Gasteiger partial charge in [-0.2, -0.15) is 5.10 Å². The van der Waals surface area contributed by atoms with Crippen LogP contribution < -0.4 is 11.2 Å². The van der Waals surface area contributed by atoms with Crippen LogP contribution in [-0.4, -0.2) is 17.4 Å². The number of carbonyl (C=O) groups is 1. The molecule has 0 aliphatic carbocycles. The van der Waals surface area contributed by atoms with Gasteiger partial charge in [-0.3, -0.25) is 0 Å². The third-order valence-corrected chi connectivity index (χ3v) is 2.35. The lowest BCUT2D eigenvalue weighted by atomic mass is 10.1. The first-order valence-electron chi connectivity index (χ1n) is 5.78. The van der Waals surface area contributed by atoms with E-state index in [0.29, 0.717) is 22.0 Å². The van der Waals surface area contributed by atoms with Crippen molar-refractivity contribution >= 4 is 29.1 Å². The molecule has 1 aromatic carbocycles. The van der Waals surface area contributed by atoms with Crippen molar-refractivity contribution in [2.75, 3.05) is 5.73 Å². The van der Waals surface area contributed by atoms with Gasteiger partial charge in [0.25, 0.3) is 0 Å². The maximum atomic E-state index is 11.4. The van der Waals surface area contributed by atoms with Gasteiger partial charge in [0.1, 0.15) is 5.60 Å². The highest BCUT2D eigenvalue weighted by Crippen LogP contribution is 2.18. The van der Waals surface area contributed by atoms with Crippen LogP contribution in [0.1, 0.15) is 33.3 Å². The monoisotopic (exact) mass is 283 g/mol. The van der Waals surface area contributed by atoms with E-state index in [1.54, 1.807) is 45.9 Å². The van der Waals surface area contributed by atoms with Crippen molar-refractivity contribution in [1.82, 2.24) is 5.43 Å². The van der Waals surface area contributed by atoms with Crippen molar-refractivity contribution in [3.05, 3.63) is 28.8 Å². The van der Waals surface area contributed by atoms with Crippen molar-refractivity contribution in [3.8, 4) is 0 Å². The van der Waals surface area contributed by atoms with E-state index in [4.69, 9.17) is 22.1 Å². The minimum Gasteiger partial charge on any atom is -0.443 e. The van der Waals surface area contributed by atoms with Gasteiger partial charge in [-0.1, -0.05) is 11.6 Å². The number of anilines is 1. The van der Waals surface area contributed by atoms with Crippen molar-refractivity contribution < 1.29 is 9.53 Å². The van der Waals surface area contributed by atoms with Gasteiger partial charge >= 0.3 is 6.09 Å². The van der Waals surface area contributed by atoms with Crippen LogP contribution in [0.4, 0.5) is 10.5 Å². The number of hydrazone groups is 1. The summed E-state index contributed by atoms with van der Waals surface area (Å²) in [7, 11) is 0. The molecule has 0 saturated carbocycles. The third-order valence-electron chi connectivity index (χ3n) is 2.12. The number of nitrogen functional groups attached to an aromatic ring is 1. The average Bonchev–Trinajstić information content (AvgIpc) is 2.27. The van der Waals surface area contributed by atoms with Crippen LogP contribution in [0.25, 0.3) is 0 Å². The Morgan fingerprint density at radius 1 is 1.42 bits per heavy atom. The second-order valence-corrected chi connectivity index (χ2v) is 5.48. The van der Waals surface area contributed by atoms with Crippen LogP contribution in [0.3, 0.4) is 0 Å². The molecule has 0 bridgehead atoms. The van der Waals surface area contributed by atoms with Gasteiger partial charge in [-0.25, -0.2) is 10.2 Å². The van der Waals surface area contributed by atoms with Gasteiger partial charge in [-0.05, 0) is 45.9 Å². The molecular formula is C13H18ClN3O2. The summed E-state index contributed by atoms with van der Waals surface area (Å²) in [5.74, 6) is 0. The fourth-order valence-corrected chi connectivity index (χ4v) is 1.50. The van der Waals surface area contributed by atoms with E-state index in [-0.39, 0.29) is 0 Å². The minimum atomic E-state index is -0.618. The molecule has 6 heteroatoms. The van der Waals surface area contributed by atoms with Crippen LogP contribution in [-0.2, 0) is 4.74 Å². The van der Waals surface area contributed by atoms with Gasteiger partial charge in [0.05, 0.1) is 5.71 Å². The highest BCUT2D eigenvalue weighted by atomic mass is 35.5. The van der Waals surface area contributed by atoms with Gasteiger partial charge in [-0.15, -0.1) is 0 Å². The Labute approximate surface area is 117 Å². The number of halogens is 1. The molecular weight excluding hydrogens is 266 g/mol. The van der Waals surface area contributed by atoms with Gasteiger partial charge in [0.15, 0.2) is 0 Å². The Kier molecular flexibility index (Phi) is 4.78. The van der Waals surface area contributed by atoms with E-state index >= 15 is 0 Å². The Morgan fingerprint density at radius 3 is 2.63 bits per heavy atom. The van der Waals surface area contributed by atoms with Crippen LogP contribution >= 0.6 is 11.6 Å². The molecule has 0 aliphatic heterocycles. The Bertz CT molecular complexity index is 507. The van der Waals surface area contributed by atoms with E-state index in [9.17, 15) is 4.79 Å². The zero-order valence-electron chi connectivity index (χ0n) is 11.5. The largest absolute Gasteiger partial charge is 0.443 e. The molecule has 19 heavy (non-hydrogen) atoms. The molecule has 104 valence electrons. The standard InChI is InChI=1S/C13H18ClN3O2/c1-8(10-7-9(14)5-6-11(10)15)16-17-12(18)19-13(2,3)4/h5-7H,15H2,1-4H3,(H,17,18)/b16-8+. The number of nitrogens with one attached hydrogen (secondary N) is 1. The van der Waals surface area contributed by atoms with E-state index < -0.39 is 11.7 Å². The molecule has 0 aromatic heterocycles. The summed E-state index contributed by atoms with van der Waals surface area (Å²) >= 11 is 5.89. The third kappa shape index (κ3) is 5.18. The molecule has 3 N–H and O–H groups in total. The first-order chi connectivity index (χ1) is 8.69. The molecule has 0 aliphatic rings. The summed E-state index contributed by atoms with van der Waals surface area (Å²) in [6, 6.07) is 5.06. The molecule has 0 unspecified atom stereocenters. The predicted octanol–water partition coefficient (Wildman–Crippen LogP) is 3.17. The molecule has 0 saturated heterocycles. The summed E-state index contributed by atoms with van der Waals surface area (Å²) in [5.41, 5.74) is 9.32. The number of hydrogen-bond acceptors (Lipinski definition) is 4. The summed E-state index contributed by atoms with van der Waals surface area (Å²) in [6.07, 6.45) is -0.618. The molecule has 0 spiro atoms. The lowest BCUT2D eigenvalue weighted by Gasteiger charge is -2.18. The first-order valence-corrected chi connectivity index (χ1v) is 6.15. The molecule has 1 aromatic rings. The fourth-order valence-electron chi connectivity index (χ4n) is 1.33. The molecule has 1 amide bonds. The van der Waals surface area contributed by atoms with E-state index in [2.05, 4.69) is 10.5 Å². The van der Waals surface area contributed by atoms with Crippen molar-refractivity contribution in [3.63, 3.8) is 0 Å². The number of nitrogens with zero attached hydrogens (tertiary/aromatic N) is 1. The molecule has 0 fully saturated rings. The number of benzene rings is 1. The predicted molar refractivity (Wildman–Crippen MR) is 77.4 cm³/mol. The number of amides is 1. The normalized spacial score (nSPS) is 12.2. The Morgan fingerprint density at radius 2 is 2.05 bits per heavy atom. The van der Waals surface area contributed by atoms with Crippen molar-refractivity contribution in [1.29, 1.82) is 0 Å². The number of ether oxygens (including phenoxy) is 1. The molecule has 0 atom stereocenters. The van der Waals surface area contributed by atoms with Crippen LogP contribution in [0.5, 0.6) is 0 Å². The maximum Gasteiger partial charge on any atom is 0.428 e. The number of nitrogens with two attached hydrogens (primary N) is 1. The zero-order valence-corrected chi connectivity index (χ0v) is 12.2. The van der Waals surface area contributed by atoms with Crippen molar-refractivity contribution in [2.45, 2.75) is 33.3 Å². The van der Waals surface area contributed by atoms with Crippen molar-refractivity contribution in [2.24, 2.45) is 5.10 Å². The average molecular weight is 284 g/mol. The number of hydrogen-bond donors (Lipinski definition) is 2. The smallest absolute Gasteiger partial charge is 0.428 e. The lowest BCUT2D eigenvalue weighted by molar-refractivity contribution is 0.0529. The lowest BCUT2D eigenvalue weighted by Crippen LogP contribution is -2.30.